The lowest BCUT2D eigenvalue weighted by atomic mass is 9.78. The summed E-state index contributed by atoms with van der Waals surface area (Å²) in [7, 11) is 4.19. The van der Waals surface area contributed by atoms with E-state index in [1.807, 2.05) is 4.90 Å². The normalized spacial score (nSPS) is 21.2. The van der Waals surface area contributed by atoms with Crippen LogP contribution in [-0.4, -0.2) is 92.2 Å². The first-order valence-electron chi connectivity index (χ1n) is 9.33. The third kappa shape index (κ3) is 4.78. The minimum atomic E-state index is -0.613. The van der Waals surface area contributed by atoms with E-state index >= 15 is 0 Å². The van der Waals surface area contributed by atoms with Gasteiger partial charge in [-0.3, -0.25) is 9.69 Å². The fourth-order valence-electron chi connectivity index (χ4n) is 3.82. The predicted octanol–water partition coefficient (Wildman–Crippen LogP) is 1.34. The molecule has 3 heterocycles. The van der Waals surface area contributed by atoms with Crippen molar-refractivity contribution < 1.29 is 13.9 Å². The van der Waals surface area contributed by atoms with E-state index in [9.17, 15) is 9.18 Å². The van der Waals surface area contributed by atoms with Crippen LogP contribution in [0.5, 0.6) is 0 Å². The zero-order chi connectivity index (χ0) is 18.6. The van der Waals surface area contributed by atoms with Crippen LogP contribution in [0.2, 0.25) is 0 Å². The van der Waals surface area contributed by atoms with Crippen LogP contribution in [0.1, 0.15) is 23.2 Å². The highest BCUT2D eigenvalue weighted by Gasteiger charge is 2.39. The van der Waals surface area contributed by atoms with Crippen LogP contribution in [0.25, 0.3) is 0 Å². The van der Waals surface area contributed by atoms with Crippen LogP contribution in [0, 0.1) is 11.4 Å². The minimum absolute atomic E-state index is 0.111. The molecule has 0 saturated carbocycles. The summed E-state index contributed by atoms with van der Waals surface area (Å²) in [6.45, 7) is 6.97. The van der Waals surface area contributed by atoms with Crippen molar-refractivity contribution in [2.75, 3.05) is 66.6 Å². The number of piperidine rings is 1. The van der Waals surface area contributed by atoms with Gasteiger partial charge in [0.1, 0.15) is 0 Å². The molecule has 7 heteroatoms. The molecule has 0 unspecified atom stereocenters. The molecule has 0 aromatic carbocycles. The van der Waals surface area contributed by atoms with Crippen molar-refractivity contribution in [1.82, 2.24) is 19.7 Å². The fourth-order valence-corrected chi connectivity index (χ4v) is 3.82. The van der Waals surface area contributed by atoms with Crippen molar-refractivity contribution in [3.63, 3.8) is 0 Å². The lowest BCUT2D eigenvalue weighted by molar-refractivity contribution is 0.0146. The second-order valence-electron chi connectivity index (χ2n) is 7.79. The molecule has 0 aliphatic carbocycles. The number of likely N-dealkylation sites (tertiary alicyclic amines) is 1. The number of rotatable bonds is 4. The van der Waals surface area contributed by atoms with E-state index in [1.54, 1.807) is 6.07 Å². The Balaban J connectivity index is 1.59. The Labute approximate surface area is 154 Å². The zero-order valence-corrected chi connectivity index (χ0v) is 15.8. The highest BCUT2D eigenvalue weighted by Crippen LogP contribution is 2.34. The van der Waals surface area contributed by atoms with Gasteiger partial charge in [-0.05, 0) is 33.0 Å². The second-order valence-corrected chi connectivity index (χ2v) is 7.79. The molecule has 3 rings (SSSR count). The maximum absolute atomic E-state index is 13.3. The van der Waals surface area contributed by atoms with Crippen molar-refractivity contribution in [3.8, 4) is 0 Å². The summed E-state index contributed by atoms with van der Waals surface area (Å²) in [6, 6.07) is 2.79. The Bertz CT molecular complexity index is 617. The number of halogens is 1. The Morgan fingerprint density at radius 2 is 2.12 bits per heavy atom. The predicted molar refractivity (Wildman–Crippen MR) is 97.6 cm³/mol. The van der Waals surface area contributed by atoms with Crippen LogP contribution in [0.15, 0.2) is 18.3 Å². The van der Waals surface area contributed by atoms with Gasteiger partial charge >= 0.3 is 0 Å². The van der Waals surface area contributed by atoms with Gasteiger partial charge in [-0.1, -0.05) is 0 Å². The van der Waals surface area contributed by atoms with Gasteiger partial charge in [-0.15, -0.1) is 0 Å². The molecule has 6 nitrogen and oxygen atoms in total. The quantitative estimate of drug-likeness (QED) is 0.755. The van der Waals surface area contributed by atoms with Gasteiger partial charge in [0.05, 0.1) is 13.2 Å². The van der Waals surface area contributed by atoms with Gasteiger partial charge in [0.2, 0.25) is 5.95 Å². The average Bonchev–Trinajstić information content (AvgIpc) is 2.82. The van der Waals surface area contributed by atoms with Crippen molar-refractivity contribution >= 4 is 5.91 Å². The second kappa shape index (κ2) is 8.41. The summed E-state index contributed by atoms with van der Waals surface area (Å²) in [4.78, 5) is 22.7. The molecule has 0 atom stereocenters. The monoisotopic (exact) mass is 364 g/mol. The van der Waals surface area contributed by atoms with Crippen molar-refractivity contribution in [1.29, 1.82) is 0 Å². The van der Waals surface area contributed by atoms with Crippen LogP contribution >= 0.6 is 0 Å². The summed E-state index contributed by atoms with van der Waals surface area (Å²) in [5.74, 6) is -0.724. The van der Waals surface area contributed by atoms with Gasteiger partial charge in [0, 0.05) is 62.5 Å². The van der Waals surface area contributed by atoms with E-state index in [0.29, 0.717) is 18.7 Å². The third-order valence-electron chi connectivity index (χ3n) is 5.47. The lowest BCUT2D eigenvalue weighted by Crippen LogP contribution is -2.49. The Morgan fingerprint density at radius 3 is 2.81 bits per heavy atom. The number of likely N-dealkylation sites (N-methyl/N-ethyl adjacent to an activating group) is 1. The Hall–Kier alpha value is -1.57. The summed E-state index contributed by atoms with van der Waals surface area (Å²) >= 11 is 0. The molecule has 0 N–H and O–H groups in total. The Morgan fingerprint density at radius 1 is 1.35 bits per heavy atom. The van der Waals surface area contributed by atoms with E-state index in [4.69, 9.17) is 4.74 Å². The molecule has 2 aliphatic heterocycles. The number of carbonyl (C=O) groups is 1. The number of pyridine rings is 1. The number of hydrogen-bond donors (Lipinski definition) is 0. The first kappa shape index (κ1) is 19.2. The topological polar surface area (TPSA) is 48.9 Å². The van der Waals surface area contributed by atoms with E-state index in [0.717, 1.165) is 52.2 Å². The fraction of sp³-hybridized carbons (Fsp3) is 0.684. The number of aromatic nitrogens is 1. The van der Waals surface area contributed by atoms with E-state index < -0.39 is 5.95 Å². The molecule has 2 aliphatic rings. The van der Waals surface area contributed by atoms with Gasteiger partial charge in [-0.2, -0.15) is 4.39 Å². The number of carbonyl (C=O) groups excluding carboxylic acids is 1. The maximum Gasteiger partial charge on any atom is 0.254 e. The molecular formula is C19H29FN4O2. The van der Waals surface area contributed by atoms with Crippen molar-refractivity contribution in [2.24, 2.45) is 5.41 Å². The van der Waals surface area contributed by atoms with Gasteiger partial charge < -0.3 is 14.5 Å². The average molecular weight is 364 g/mol. The smallest absolute Gasteiger partial charge is 0.254 e. The zero-order valence-electron chi connectivity index (χ0n) is 15.8. The molecule has 1 aromatic rings. The molecule has 0 radical (unpaired) electrons. The first-order chi connectivity index (χ1) is 12.5. The minimum Gasteiger partial charge on any atom is -0.379 e. The van der Waals surface area contributed by atoms with E-state index in [1.165, 1.54) is 12.3 Å². The van der Waals surface area contributed by atoms with Crippen LogP contribution in [0.3, 0.4) is 0 Å². The van der Waals surface area contributed by atoms with Gasteiger partial charge in [-0.25, -0.2) is 4.98 Å². The largest absolute Gasteiger partial charge is 0.379 e. The number of amides is 1. The summed E-state index contributed by atoms with van der Waals surface area (Å²) in [6.07, 6.45) is 3.19. The summed E-state index contributed by atoms with van der Waals surface area (Å²) < 4.78 is 19.2. The standard InChI is InChI=1S/C19H29FN4O2/c1-22(2)9-10-23-11-12-26-15-19(14-23)4-7-24(8-5-19)18(25)16-3-6-21-17(20)13-16/h3,6,13H,4-5,7-12,14-15H2,1-2H3. The van der Waals surface area contributed by atoms with Crippen LogP contribution < -0.4 is 0 Å². The molecule has 144 valence electrons. The highest BCUT2D eigenvalue weighted by molar-refractivity contribution is 5.94. The first-order valence-corrected chi connectivity index (χ1v) is 9.33. The molecule has 1 aromatic heterocycles. The molecule has 0 bridgehead atoms. The summed E-state index contributed by atoms with van der Waals surface area (Å²) in [5.41, 5.74) is 0.487. The Kier molecular flexibility index (Phi) is 6.21. The molecule has 1 amide bonds. The lowest BCUT2D eigenvalue weighted by Gasteiger charge is -2.42. The van der Waals surface area contributed by atoms with Crippen LogP contribution in [0.4, 0.5) is 4.39 Å². The molecule has 2 saturated heterocycles. The molecule has 2 fully saturated rings. The van der Waals surface area contributed by atoms with Crippen molar-refractivity contribution in [3.05, 3.63) is 29.8 Å². The molecule has 1 spiro atoms. The van der Waals surface area contributed by atoms with Crippen molar-refractivity contribution in [2.45, 2.75) is 12.8 Å². The maximum atomic E-state index is 13.3. The SMILES string of the molecule is CN(C)CCN1CCOCC2(CCN(C(=O)c3ccnc(F)c3)CC2)C1. The van der Waals surface area contributed by atoms with E-state index in [2.05, 4.69) is 28.9 Å². The number of nitrogens with zero attached hydrogens (tertiary/aromatic N) is 4. The van der Waals surface area contributed by atoms with E-state index in [-0.39, 0.29) is 11.3 Å². The van der Waals surface area contributed by atoms with Gasteiger partial charge in [0.25, 0.3) is 5.91 Å². The molecule has 26 heavy (non-hydrogen) atoms. The van der Waals surface area contributed by atoms with Gasteiger partial charge in [0.15, 0.2) is 0 Å². The third-order valence-corrected chi connectivity index (χ3v) is 5.47. The number of ether oxygens (including phenoxy) is 1. The number of hydrogen-bond acceptors (Lipinski definition) is 5. The van der Waals surface area contributed by atoms with Crippen LogP contribution in [-0.2, 0) is 4.74 Å². The molecular weight excluding hydrogens is 335 g/mol. The highest BCUT2D eigenvalue weighted by atomic mass is 19.1. The summed E-state index contributed by atoms with van der Waals surface area (Å²) in [5, 5.41) is 0.